The summed E-state index contributed by atoms with van der Waals surface area (Å²) in [5.74, 6) is 0.983. The zero-order valence-electron chi connectivity index (χ0n) is 13.1. The first-order valence-corrected chi connectivity index (χ1v) is 8.48. The molecule has 2 rings (SSSR count). The van der Waals surface area contributed by atoms with Crippen molar-refractivity contribution < 1.29 is 4.79 Å². The summed E-state index contributed by atoms with van der Waals surface area (Å²) in [6.45, 7) is 5.06. The Morgan fingerprint density at radius 2 is 2.29 bits per heavy atom. The quantitative estimate of drug-likeness (QED) is 0.868. The summed E-state index contributed by atoms with van der Waals surface area (Å²) in [4.78, 5) is 17.1. The molecule has 1 atom stereocenters. The second kappa shape index (κ2) is 9.44. The van der Waals surface area contributed by atoms with E-state index in [1.165, 1.54) is 16.2 Å². The highest BCUT2D eigenvalue weighted by molar-refractivity contribution is 7.11. The first-order chi connectivity index (χ1) is 9.69. The summed E-state index contributed by atoms with van der Waals surface area (Å²) in [5, 5.41) is 3.23. The minimum Gasteiger partial charge on any atom is -0.342 e. The van der Waals surface area contributed by atoms with E-state index >= 15 is 0 Å². The van der Waals surface area contributed by atoms with Crippen LogP contribution in [0.15, 0.2) is 12.1 Å². The van der Waals surface area contributed by atoms with Crippen LogP contribution in [-0.4, -0.2) is 37.5 Å². The summed E-state index contributed by atoms with van der Waals surface area (Å²) in [7, 11) is 1.99. The van der Waals surface area contributed by atoms with Crippen LogP contribution in [0.25, 0.3) is 0 Å². The van der Waals surface area contributed by atoms with Crippen LogP contribution in [0.5, 0.6) is 0 Å². The van der Waals surface area contributed by atoms with Crippen molar-refractivity contribution in [2.45, 2.75) is 39.0 Å². The second-order valence-electron chi connectivity index (χ2n) is 5.77. The van der Waals surface area contributed by atoms with Gasteiger partial charge in [-0.05, 0) is 64.3 Å². The normalized spacial score (nSPS) is 18.4. The summed E-state index contributed by atoms with van der Waals surface area (Å²) in [6, 6.07) is 4.35. The number of thiophene rings is 1. The average Bonchev–Trinajstić information content (AvgIpc) is 2.85. The van der Waals surface area contributed by atoms with Crippen LogP contribution in [0.1, 0.15) is 35.4 Å². The van der Waals surface area contributed by atoms with Gasteiger partial charge in [-0.2, -0.15) is 0 Å². The van der Waals surface area contributed by atoms with Crippen LogP contribution in [0, 0.1) is 12.8 Å². The zero-order chi connectivity index (χ0) is 14.4. The molecule has 5 heteroatoms. The van der Waals surface area contributed by atoms with Gasteiger partial charge < -0.3 is 10.2 Å². The smallest absolute Gasteiger partial charge is 0.222 e. The zero-order valence-corrected chi connectivity index (χ0v) is 14.7. The second-order valence-corrected chi connectivity index (χ2v) is 7.14. The van der Waals surface area contributed by atoms with Crippen LogP contribution in [0.2, 0.25) is 0 Å². The Morgan fingerprint density at radius 1 is 1.48 bits per heavy atom. The third kappa shape index (κ3) is 5.97. The van der Waals surface area contributed by atoms with E-state index < -0.39 is 0 Å². The number of rotatable bonds is 6. The van der Waals surface area contributed by atoms with Gasteiger partial charge in [0.1, 0.15) is 0 Å². The van der Waals surface area contributed by atoms with Crippen molar-refractivity contribution in [3.63, 3.8) is 0 Å². The molecular weight excluding hydrogens is 304 g/mol. The molecule has 1 aromatic rings. The molecule has 0 spiro atoms. The van der Waals surface area contributed by atoms with Gasteiger partial charge in [0.25, 0.3) is 0 Å². The van der Waals surface area contributed by atoms with Crippen LogP contribution < -0.4 is 5.32 Å². The molecular formula is C16H27ClN2OS. The van der Waals surface area contributed by atoms with Gasteiger partial charge in [-0.1, -0.05) is 0 Å². The van der Waals surface area contributed by atoms with Crippen molar-refractivity contribution in [2.75, 3.05) is 26.7 Å². The monoisotopic (exact) mass is 330 g/mol. The van der Waals surface area contributed by atoms with E-state index in [-0.39, 0.29) is 12.4 Å². The Balaban J connectivity index is 0.00000220. The van der Waals surface area contributed by atoms with E-state index in [0.717, 1.165) is 38.9 Å². The van der Waals surface area contributed by atoms with E-state index in [0.29, 0.717) is 18.2 Å². The number of hydrogen-bond acceptors (Lipinski definition) is 3. The molecule has 1 aliphatic rings. The molecule has 1 saturated heterocycles. The van der Waals surface area contributed by atoms with E-state index in [4.69, 9.17) is 0 Å². The van der Waals surface area contributed by atoms with Gasteiger partial charge >= 0.3 is 0 Å². The number of likely N-dealkylation sites (tertiary alicyclic amines) is 1. The van der Waals surface area contributed by atoms with Crippen LogP contribution >= 0.6 is 23.7 Å². The molecule has 1 fully saturated rings. The van der Waals surface area contributed by atoms with Gasteiger partial charge in [0.15, 0.2) is 0 Å². The largest absolute Gasteiger partial charge is 0.342 e. The number of carbonyl (C=O) groups excluding carboxylic acids is 1. The summed E-state index contributed by atoms with van der Waals surface area (Å²) < 4.78 is 0. The first-order valence-electron chi connectivity index (χ1n) is 7.66. The lowest BCUT2D eigenvalue weighted by Gasteiger charge is -2.32. The third-order valence-electron chi connectivity index (χ3n) is 3.97. The lowest BCUT2D eigenvalue weighted by Crippen LogP contribution is -2.42. The first kappa shape index (κ1) is 18.5. The standard InChI is InChI=1S/C16H26N2OS.ClH/c1-13-8-9-15(20-13)6-3-7-16(19)18-10-4-5-14(12-18)11-17-2;/h8-9,14,17H,3-7,10-12H2,1-2H3;1H. The minimum atomic E-state index is 0. The number of carbonyl (C=O) groups is 1. The number of halogens is 1. The van der Waals surface area contributed by atoms with Gasteiger partial charge in [-0.25, -0.2) is 0 Å². The van der Waals surface area contributed by atoms with Crippen LogP contribution in [0.3, 0.4) is 0 Å². The van der Waals surface area contributed by atoms with Gasteiger partial charge in [-0.3, -0.25) is 4.79 Å². The van der Waals surface area contributed by atoms with Gasteiger partial charge in [0, 0.05) is 29.3 Å². The maximum absolute atomic E-state index is 12.3. The molecule has 21 heavy (non-hydrogen) atoms. The van der Waals surface area contributed by atoms with Crippen molar-refractivity contribution in [3.8, 4) is 0 Å². The van der Waals surface area contributed by atoms with Crippen LogP contribution in [0.4, 0.5) is 0 Å². The highest BCUT2D eigenvalue weighted by atomic mass is 35.5. The van der Waals surface area contributed by atoms with E-state index in [1.807, 2.05) is 18.4 Å². The SMILES string of the molecule is CNCC1CCCN(C(=O)CCCc2ccc(C)s2)C1.Cl. The summed E-state index contributed by atoms with van der Waals surface area (Å²) >= 11 is 1.85. The lowest BCUT2D eigenvalue weighted by atomic mass is 9.97. The van der Waals surface area contributed by atoms with E-state index in [1.54, 1.807) is 0 Å². The maximum Gasteiger partial charge on any atom is 0.222 e. The molecule has 0 aliphatic carbocycles. The molecule has 1 N–H and O–H groups in total. The third-order valence-corrected chi connectivity index (χ3v) is 5.03. The number of piperidine rings is 1. The van der Waals surface area contributed by atoms with E-state index in [9.17, 15) is 4.79 Å². The molecule has 1 amide bonds. The lowest BCUT2D eigenvalue weighted by molar-refractivity contribution is -0.133. The van der Waals surface area contributed by atoms with Gasteiger partial charge in [-0.15, -0.1) is 23.7 Å². The van der Waals surface area contributed by atoms with Gasteiger partial charge in [0.2, 0.25) is 5.91 Å². The minimum absolute atomic E-state index is 0. The summed E-state index contributed by atoms with van der Waals surface area (Å²) in [5.41, 5.74) is 0. The maximum atomic E-state index is 12.3. The topological polar surface area (TPSA) is 32.3 Å². The van der Waals surface area contributed by atoms with Crippen LogP contribution in [-0.2, 0) is 11.2 Å². The number of nitrogens with zero attached hydrogens (tertiary/aromatic N) is 1. The number of amides is 1. The molecule has 1 aliphatic heterocycles. The van der Waals surface area contributed by atoms with Crippen molar-refractivity contribution in [1.82, 2.24) is 10.2 Å². The molecule has 0 saturated carbocycles. The predicted octanol–water partition coefficient (Wildman–Crippen LogP) is 3.26. The Labute approximate surface area is 138 Å². The molecule has 120 valence electrons. The van der Waals surface area contributed by atoms with Crippen molar-refractivity contribution in [1.29, 1.82) is 0 Å². The number of hydrogen-bond donors (Lipinski definition) is 1. The fraction of sp³-hybridized carbons (Fsp3) is 0.688. The average molecular weight is 331 g/mol. The number of nitrogens with one attached hydrogen (secondary N) is 1. The molecule has 0 radical (unpaired) electrons. The molecule has 1 unspecified atom stereocenters. The van der Waals surface area contributed by atoms with Crippen molar-refractivity contribution >= 4 is 29.7 Å². The molecule has 3 nitrogen and oxygen atoms in total. The van der Waals surface area contributed by atoms with E-state index in [2.05, 4.69) is 29.3 Å². The van der Waals surface area contributed by atoms with Crippen molar-refractivity contribution in [3.05, 3.63) is 21.9 Å². The molecule has 0 bridgehead atoms. The van der Waals surface area contributed by atoms with Crippen molar-refractivity contribution in [2.24, 2.45) is 5.92 Å². The molecule has 0 aromatic carbocycles. The molecule has 2 heterocycles. The fourth-order valence-corrected chi connectivity index (χ4v) is 3.87. The highest BCUT2D eigenvalue weighted by Crippen LogP contribution is 2.19. The highest BCUT2D eigenvalue weighted by Gasteiger charge is 2.22. The number of aryl methyl sites for hydroxylation is 2. The summed E-state index contributed by atoms with van der Waals surface area (Å²) in [6.07, 6.45) is 5.12. The Hall–Kier alpha value is -0.580. The Kier molecular flexibility index (Phi) is 8.30. The fourth-order valence-electron chi connectivity index (χ4n) is 2.94. The molecule has 1 aromatic heterocycles. The van der Waals surface area contributed by atoms with Gasteiger partial charge in [0.05, 0.1) is 0 Å². The predicted molar refractivity (Wildman–Crippen MR) is 92.5 cm³/mol. The Bertz CT molecular complexity index is 434. The Morgan fingerprint density at radius 3 is 2.95 bits per heavy atom.